The normalized spacial score (nSPS) is 9.75. The van der Waals surface area contributed by atoms with Crippen LogP contribution in [0.5, 0.6) is 0 Å². The van der Waals surface area contributed by atoms with E-state index in [4.69, 9.17) is 21.4 Å². The third kappa shape index (κ3) is 7.28. The zero-order valence-corrected chi connectivity index (χ0v) is 7.55. The predicted octanol–water partition coefficient (Wildman–Crippen LogP) is 3.54. The molecule has 0 aromatic heterocycles. The fourth-order valence-electron chi connectivity index (χ4n) is 0.313. The average molecular weight is 191 g/mol. The van der Waals surface area contributed by atoms with Crippen LogP contribution in [-0.2, 0) is 0 Å². The third-order valence-corrected chi connectivity index (χ3v) is 2.50. The summed E-state index contributed by atoms with van der Waals surface area (Å²) in [5.74, 6) is 2.08. The van der Waals surface area contributed by atoms with Crippen LogP contribution in [0.2, 0.25) is 0 Å². The van der Waals surface area contributed by atoms with Crippen molar-refractivity contribution < 1.29 is 0 Å². The van der Waals surface area contributed by atoms with Gasteiger partial charge in [0.25, 0.3) is 0 Å². The minimum absolute atomic E-state index is 1.04. The van der Waals surface area contributed by atoms with Gasteiger partial charge in [-0.1, -0.05) is 22.0 Å². The van der Waals surface area contributed by atoms with E-state index in [2.05, 4.69) is 0 Å². The Morgan fingerprint density at radius 1 is 0.875 bits per heavy atom. The highest BCUT2D eigenvalue weighted by Crippen LogP contribution is 2.12. The SMILES string of the molecule is ClSCCCCSCl. The first-order chi connectivity index (χ1) is 3.91. The number of hydrogen-bond acceptors (Lipinski definition) is 2. The number of rotatable bonds is 5. The quantitative estimate of drug-likeness (QED) is 0.609. The molecule has 0 aliphatic heterocycles. The Morgan fingerprint density at radius 2 is 1.25 bits per heavy atom. The summed E-state index contributed by atoms with van der Waals surface area (Å²) in [4.78, 5) is 0. The largest absolute Gasteiger partial charge is 0.0558 e. The van der Waals surface area contributed by atoms with Crippen LogP contribution in [0.25, 0.3) is 0 Å². The van der Waals surface area contributed by atoms with Gasteiger partial charge in [0.2, 0.25) is 0 Å². The minimum atomic E-state index is 1.04. The van der Waals surface area contributed by atoms with Crippen LogP contribution >= 0.6 is 43.3 Å². The summed E-state index contributed by atoms with van der Waals surface area (Å²) < 4.78 is 0. The summed E-state index contributed by atoms with van der Waals surface area (Å²) in [7, 11) is 13.5. The number of hydrogen-bond donors (Lipinski definition) is 0. The van der Waals surface area contributed by atoms with Crippen molar-refractivity contribution in [3.63, 3.8) is 0 Å². The van der Waals surface area contributed by atoms with E-state index in [1.807, 2.05) is 0 Å². The van der Waals surface area contributed by atoms with Crippen molar-refractivity contribution in [2.75, 3.05) is 11.5 Å². The van der Waals surface area contributed by atoms with E-state index in [1.54, 1.807) is 0 Å². The second kappa shape index (κ2) is 8.28. The lowest BCUT2D eigenvalue weighted by atomic mass is 10.4. The van der Waals surface area contributed by atoms with Crippen LogP contribution < -0.4 is 0 Å². The first-order valence-corrected chi connectivity index (χ1v) is 6.01. The molecule has 0 saturated carbocycles. The van der Waals surface area contributed by atoms with E-state index < -0.39 is 0 Å². The maximum absolute atomic E-state index is 5.36. The molecule has 0 nitrogen and oxygen atoms in total. The molecular weight excluding hydrogens is 183 g/mol. The zero-order chi connectivity index (χ0) is 6.24. The number of halogens is 2. The summed E-state index contributed by atoms with van der Waals surface area (Å²) >= 11 is 0. The predicted molar refractivity (Wildman–Crippen MR) is 45.9 cm³/mol. The Hall–Kier alpha value is 1.28. The second-order valence-corrected chi connectivity index (χ2v) is 3.90. The Kier molecular flexibility index (Phi) is 9.60. The van der Waals surface area contributed by atoms with Gasteiger partial charge >= 0.3 is 0 Å². The number of unbranched alkanes of at least 4 members (excludes halogenated alkanes) is 1. The molecule has 50 valence electrons. The van der Waals surface area contributed by atoms with Crippen molar-refractivity contribution in [3.8, 4) is 0 Å². The van der Waals surface area contributed by atoms with Crippen LogP contribution in [0.4, 0.5) is 0 Å². The van der Waals surface area contributed by atoms with Gasteiger partial charge in [0.1, 0.15) is 0 Å². The molecule has 0 aliphatic carbocycles. The van der Waals surface area contributed by atoms with E-state index in [1.165, 1.54) is 34.8 Å². The van der Waals surface area contributed by atoms with Crippen LogP contribution in [0.15, 0.2) is 0 Å². The summed E-state index contributed by atoms with van der Waals surface area (Å²) in [6.45, 7) is 0. The van der Waals surface area contributed by atoms with Crippen LogP contribution in [-0.4, -0.2) is 11.5 Å². The molecule has 0 spiro atoms. The Bertz CT molecular complexity index is 37.0. The fraction of sp³-hybridized carbons (Fsp3) is 1.00. The van der Waals surface area contributed by atoms with Crippen LogP contribution in [0.3, 0.4) is 0 Å². The van der Waals surface area contributed by atoms with Gasteiger partial charge in [0, 0.05) is 11.5 Å². The summed E-state index contributed by atoms with van der Waals surface area (Å²) in [5.41, 5.74) is 0. The van der Waals surface area contributed by atoms with E-state index in [0.717, 1.165) is 11.5 Å². The minimum Gasteiger partial charge on any atom is -0.0558 e. The molecule has 0 heterocycles. The molecule has 0 atom stereocenters. The van der Waals surface area contributed by atoms with Crippen molar-refractivity contribution in [1.82, 2.24) is 0 Å². The zero-order valence-electron chi connectivity index (χ0n) is 4.40. The molecule has 0 bridgehead atoms. The Labute approximate surface area is 67.7 Å². The highest BCUT2D eigenvalue weighted by Gasteiger charge is 1.86. The Morgan fingerprint density at radius 3 is 1.50 bits per heavy atom. The van der Waals surface area contributed by atoms with Gasteiger partial charge in [-0.25, -0.2) is 0 Å². The monoisotopic (exact) mass is 190 g/mol. The topological polar surface area (TPSA) is 0 Å². The lowest BCUT2D eigenvalue weighted by Gasteiger charge is -1.91. The molecule has 0 unspecified atom stereocenters. The molecule has 0 N–H and O–H groups in total. The molecule has 8 heavy (non-hydrogen) atoms. The molecule has 0 rings (SSSR count). The van der Waals surface area contributed by atoms with E-state index >= 15 is 0 Å². The first-order valence-electron chi connectivity index (χ1n) is 2.39. The van der Waals surface area contributed by atoms with Gasteiger partial charge in [-0.2, -0.15) is 0 Å². The first kappa shape index (κ1) is 9.28. The highest BCUT2D eigenvalue weighted by atomic mass is 35.7. The van der Waals surface area contributed by atoms with Crippen LogP contribution in [0, 0.1) is 0 Å². The third-order valence-electron chi connectivity index (χ3n) is 0.693. The molecule has 0 aliphatic rings. The van der Waals surface area contributed by atoms with Crippen LogP contribution in [0.1, 0.15) is 12.8 Å². The van der Waals surface area contributed by atoms with Gasteiger partial charge in [0.05, 0.1) is 0 Å². The lowest BCUT2D eigenvalue weighted by molar-refractivity contribution is 0.911. The standard InChI is InChI=1S/C4H8Cl2S2/c5-7-3-1-2-4-8-6/h1-4H2. The smallest absolute Gasteiger partial charge is 0.00855 e. The van der Waals surface area contributed by atoms with Crippen molar-refractivity contribution in [1.29, 1.82) is 0 Å². The lowest BCUT2D eigenvalue weighted by Crippen LogP contribution is -1.78. The van der Waals surface area contributed by atoms with Gasteiger partial charge in [-0.3, -0.25) is 0 Å². The summed E-state index contributed by atoms with van der Waals surface area (Å²) in [6.07, 6.45) is 2.35. The van der Waals surface area contributed by atoms with Gasteiger partial charge in [0.15, 0.2) is 0 Å². The van der Waals surface area contributed by atoms with Crippen molar-refractivity contribution in [2.45, 2.75) is 12.8 Å². The summed E-state index contributed by atoms with van der Waals surface area (Å²) in [6, 6.07) is 0. The molecule has 0 aromatic rings. The average Bonchev–Trinajstić information content (AvgIpc) is 1.81. The molecular formula is C4H8Cl2S2. The second-order valence-electron chi connectivity index (χ2n) is 1.33. The van der Waals surface area contributed by atoms with E-state index in [9.17, 15) is 0 Å². The molecule has 0 saturated heterocycles. The van der Waals surface area contributed by atoms with Gasteiger partial charge < -0.3 is 0 Å². The highest BCUT2D eigenvalue weighted by molar-refractivity contribution is 8.21. The summed E-state index contributed by atoms with van der Waals surface area (Å²) in [5, 5.41) is 0. The van der Waals surface area contributed by atoms with Gasteiger partial charge in [-0.05, 0) is 34.2 Å². The van der Waals surface area contributed by atoms with Crippen molar-refractivity contribution >= 4 is 43.3 Å². The van der Waals surface area contributed by atoms with Gasteiger partial charge in [-0.15, -0.1) is 0 Å². The maximum atomic E-state index is 5.36. The van der Waals surface area contributed by atoms with E-state index in [0.29, 0.717) is 0 Å². The van der Waals surface area contributed by atoms with Crippen molar-refractivity contribution in [3.05, 3.63) is 0 Å². The fourth-order valence-corrected chi connectivity index (χ4v) is 1.59. The van der Waals surface area contributed by atoms with E-state index in [-0.39, 0.29) is 0 Å². The molecule has 0 fully saturated rings. The molecule has 0 radical (unpaired) electrons. The molecule has 4 heteroatoms. The molecule has 0 aromatic carbocycles. The Balaban J connectivity index is 2.53. The maximum Gasteiger partial charge on any atom is 0.00855 e. The van der Waals surface area contributed by atoms with Crippen molar-refractivity contribution in [2.24, 2.45) is 0 Å². The molecule has 0 amide bonds.